The lowest BCUT2D eigenvalue weighted by Gasteiger charge is -2.05. The van der Waals surface area contributed by atoms with Crippen LogP contribution in [0.25, 0.3) is 11.5 Å². The first-order valence-corrected chi connectivity index (χ1v) is 7.07. The van der Waals surface area contributed by atoms with E-state index >= 15 is 0 Å². The van der Waals surface area contributed by atoms with Gasteiger partial charge in [0.25, 0.3) is 5.89 Å². The van der Waals surface area contributed by atoms with Crippen LogP contribution in [0.15, 0.2) is 28.8 Å². The maximum Gasteiger partial charge on any atom is 0.257 e. The lowest BCUT2D eigenvalue weighted by atomic mass is 10.2. The van der Waals surface area contributed by atoms with Gasteiger partial charge in [-0.25, -0.2) is 0 Å². The molecule has 2 rings (SSSR count). The number of aromatic nitrogens is 2. The van der Waals surface area contributed by atoms with E-state index < -0.39 is 0 Å². The SMILES string of the molecule is CCCCOc1ccc(-c2nc(C(N)CC)no2)cc1. The third-order valence-corrected chi connectivity index (χ3v) is 3.08. The summed E-state index contributed by atoms with van der Waals surface area (Å²) in [6.45, 7) is 4.87. The Balaban J connectivity index is 2.04. The van der Waals surface area contributed by atoms with E-state index in [-0.39, 0.29) is 6.04 Å². The maximum atomic E-state index is 5.87. The number of hydrogen-bond donors (Lipinski definition) is 1. The summed E-state index contributed by atoms with van der Waals surface area (Å²) in [7, 11) is 0. The smallest absolute Gasteiger partial charge is 0.257 e. The molecule has 1 aromatic heterocycles. The first-order chi connectivity index (χ1) is 9.74. The third-order valence-electron chi connectivity index (χ3n) is 3.08. The molecule has 1 atom stereocenters. The van der Waals surface area contributed by atoms with Gasteiger partial charge >= 0.3 is 0 Å². The molecule has 0 aliphatic carbocycles. The average molecular weight is 275 g/mol. The molecule has 1 unspecified atom stereocenters. The average Bonchev–Trinajstić information content (AvgIpc) is 2.97. The van der Waals surface area contributed by atoms with Crippen LogP contribution >= 0.6 is 0 Å². The highest BCUT2D eigenvalue weighted by molar-refractivity contribution is 5.54. The molecule has 0 fully saturated rings. The molecule has 20 heavy (non-hydrogen) atoms. The second-order valence-electron chi connectivity index (χ2n) is 4.70. The number of nitrogens with two attached hydrogens (primary N) is 1. The van der Waals surface area contributed by atoms with Gasteiger partial charge in [-0.15, -0.1) is 0 Å². The molecule has 0 spiro atoms. The fraction of sp³-hybridized carbons (Fsp3) is 0.467. The Morgan fingerprint density at radius 3 is 2.65 bits per heavy atom. The van der Waals surface area contributed by atoms with Gasteiger partial charge in [0.1, 0.15) is 5.75 Å². The molecule has 0 radical (unpaired) electrons. The van der Waals surface area contributed by atoms with Crippen molar-refractivity contribution in [2.75, 3.05) is 6.61 Å². The van der Waals surface area contributed by atoms with Gasteiger partial charge in [0.2, 0.25) is 0 Å². The fourth-order valence-corrected chi connectivity index (χ4v) is 1.71. The van der Waals surface area contributed by atoms with E-state index in [1.165, 1.54) is 0 Å². The molecule has 1 heterocycles. The Morgan fingerprint density at radius 2 is 2.00 bits per heavy atom. The van der Waals surface area contributed by atoms with E-state index in [2.05, 4.69) is 17.1 Å². The Kier molecular flexibility index (Phi) is 5.12. The molecule has 0 amide bonds. The summed E-state index contributed by atoms with van der Waals surface area (Å²) in [5.41, 5.74) is 6.74. The predicted molar refractivity (Wildman–Crippen MR) is 77.4 cm³/mol. The van der Waals surface area contributed by atoms with E-state index in [1.807, 2.05) is 31.2 Å². The summed E-state index contributed by atoms with van der Waals surface area (Å²) >= 11 is 0. The van der Waals surface area contributed by atoms with Gasteiger partial charge in [0.15, 0.2) is 5.82 Å². The number of rotatable bonds is 7. The molecular weight excluding hydrogens is 254 g/mol. The highest BCUT2D eigenvalue weighted by atomic mass is 16.5. The number of ether oxygens (including phenoxy) is 1. The van der Waals surface area contributed by atoms with Crippen molar-refractivity contribution in [2.45, 2.75) is 39.2 Å². The van der Waals surface area contributed by atoms with Crippen molar-refractivity contribution >= 4 is 0 Å². The Bertz CT molecular complexity index is 522. The minimum absolute atomic E-state index is 0.177. The van der Waals surface area contributed by atoms with E-state index in [0.29, 0.717) is 11.7 Å². The second-order valence-corrected chi connectivity index (χ2v) is 4.70. The van der Waals surface area contributed by atoms with Crippen molar-refractivity contribution in [1.29, 1.82) is 0 Å². The van der Waals surface area contributed by atoms with Gasteiger partial charge in [-0.2, -0.15) is 4.98 Å². The Labute approximate surface area is 119 Å². The van der Waals surface area contributed by atoms with Gasteiger partial charge in [0.05, 0.1) is 12.6 Å². The Hall–Kier alpha value is -1.88. The zero-order chi connectivity index (χ0) is 14.4. The molecule has 1 aromatic carbocycles. The molecule has 0 saturated carbocycles. The van der Waals surface area contributed by atoms with E-state index in [9.17, 15) is 0 Å². The van der Waals surface area contributed by atoms with Crippen LogP contribution in [0, 0.1) is 0 Å². The van der Waals surface area contributed by atoms with E-state index in [0.717, 1.165) is 37.2 Å². The molecule has 2 N–H and O–H groups in total. The van der Waals surface area contributed by atoms with Crippen LogP contribution < -0.4 is 10.5 Å². The lowest BCUT2D eigenvalue weighted by Crippen LogP contribution is -2.10. The van der Waals surface area contributed by atoms with Crippen molar-refractivity contribution in [2.24, 2.45) is 5.73 Å². The first-order valence-electron chi connectivity index (χ1n) is 7.07. The minimum atomic E-state index is -0.177. The lowest BCUT2D eigenvalue weighted by molar-refractivity contribution is 0.309. The van der Waals surface area contributed by atoms with Crippen LogP contribution in [0.5, 0.6) is 5.75 Å². The van der Waals surface area contributed by atoms with Crippen LogP contribution in [0.1, 0.15) is 45.0 Å². The standard InChI is InChI=1S/C15H21N3O2/c1-3-5-10-19-12-8-6-11(7-9-12)15-17-14(18-20-15)13(16)4-2/h6-9,13H,3-5,10,16H2,1-2H3. The minimum Gasteiger partial charge on any atom is -0.494 e. The van der Waals surface area contributed by atoms with Crippen LogP contribution in [-0.2, 0) is 0 Å². The Morgan fingerprint density at radius 1 is 1.25 bits per heavy atom. The normalized spacial score (nSPS) is 12.3. The summed E-state index contributed by atoms with van der Waals surface area (Å²) in [5.74, 6) is 1.89. The van der Waals surface area contributed by atoms with Gasteiger partial charge in [0, 0.05) is 5.56 Å². The summed E-state index contributed by atoms with van der Waals surface area (Å²) in [6.07, 6.45) is 2.97. The molecule has 108 valence electrons. The first kappa shape index (κ1) is 14.5. The van der Waals surface area contributed by atoms with Crippen LogP contribution in [0.3, 0.4) is 0 Å². The van der Waals surface area contributed by atoms with Crippen molar-refractivity contribution < 1.29 is 9.26 Å². The van der Waals surface area contributed by atoms with E-state index in [1.54, 1.807) is 0 Å². The molecule has 2 aromatic rings. The molecule has 0 aliphatic rings. The topological polar surface area (TPSA) is 74.2 Å². The summed E-state index contributed by atoms with van der Waals surface area (Å²) in [5, 5.41) is 3.90. The van der Waals surface area contributed by atoms with Crippen molar-refractivity contribution in [3.8, 4) is 17.2 Å². The van der Waals surface area contributed by atoms with Gasteiger partial charge in [-0.3, -0.25) is 0 Å². The van der Waals surface area contributed by atoms with Crippen LogP contribution in [0.2, 0.25) is 0 Å². The monoisotopic (exact) mass is 275 g/mol. The van der Waals surface area contributed by atoms with E-state index in [4.69, 9.17) is 15.0 Å². The molecule has 5 heteroatoms. The highest BCUT2D eigenvalue weighted by Gasteiger charge is 2.13. The van der Waals surface area contributed by atoms with Crippen LogP contribution in [0.4, 0.5) is 0 Å². The third kappa shape index (κ3) is 3.57. The summed E-state index contributed by atoms with van der Waals surface area (Å²) < 4.78 is 10.8. The highest BCUT2D eigenvalue weighted by Crippen LogP contribution is 2.22. The quantitative estimate of drug-likeness (QED) is 0.784. The second kappa shape index (κ2) is 7.05. The summed E-state index contributed by atoms with van der Waals surface area (Å²) in [4.78, 5) is 4.31. The van der Waals surface area contributed by atoms with Gasteiger partial charge < -0.3 is 15.0 Å². The predicted octanol–water partition coefficient (Wildman–Crippen LogP) is 3.33. The molecular formula is C15H21N3O2. The van der Waals surface area contributed by atoms with Gasteiger partial charge in [-0.1, -0.05) is 25.4 Å². The number of hydrogen-bond acceptors (Lipinski definition) is 5. The molecule has 0 aliphatic heterocycles. The molecule has 5 nitrogen and oxygen atoms in total. The molecule has 0 bridgehead atoms. The summed E-state index contributed by atoms with van der Waals surface area (Å²) in [6, 6.07) is 7.47. The number of nitrogens with zero attached hydrogens (tertiary/aromatic N) is 2. The molecule has 0 saturated heterocycles. The number of unbranched alkanes of at least 4 members (excludes halogenated alkanes) is 1. The zero-order valence-electron chi connectivity index (χ0n) is 12.0. The van der Waals surface area contributed by atoms with Crippen molar-refractivity contribution in [3.63, 3.8) is 0 Å². The van der Waals surface area contributed by atoms with Gasteiger partial charge in [-0.05, 0) is 37.1 Å². The maximum absolute atomic E-state index is 5.87. The van der Waals surface area contributed by atoms with Crippen molar-refractivity contribution in [3.05, 3.63) is 30.1 Å². The van der Waals surface area contributed by atoms with Crippen LogP contribution in [-0.4, -0.2) is 16.7 Å². The largest absolute Gasteiger partial charge is 0.494 e. The van der Waals surface area contributed by atoms with Crippen molar-refractivity contribution in [1.82, 2.24) is 10.1 Å². The zero-order valence-corrected chi connectivity index (χ0v) is 12.0. The fourth-order valence-electron chi connectivity index (χ4n) is 1.71. The number of benzene rings is 1.